The summed E-state index contributed by atoms with van der Waals surface area (Å²) in [5.41, 5.74) is 1.30. The summed E-state index contributed by atoms with van der Waals surface area (Å²) in [5, 5.41) is 4.49. The molecule has 0 saturated carbocycles. The standard InChI is InChI=1S/C20H26BN3O3/c1-13(2)16-12-18(24(8)23-16)25-17-11-14(22-7)9-10-15(17)21-26-19(3,4)20(5,6)27-21/h9-13H,1-6,8H3. The summed E-state index contributed by atoms with van der Waals surface area (Å²) in [7, 11) is 1.27. The van der Waals surface area contributed by atoms with Crippen molar-refractivity contribution in [2.45, 2.75) is 58.7 Å². The highest BCUT2D eigenvalue weighted by atomic mass is 16.7. The molecule has 0 bridgehead atoms. The van der Waals surface area contributed by atoms with Crippen LogP contribution in [0.25, 0.3) is 4.85 Å². The van der Waals surface area contributed by atoms with E-state index in [9.17, 15) is 0 Å². The second-order valence-corrected chi connectivity index (χ2v) is 8.21. The Morgan fingerprint density at radius 1 is 1.15 bits per heavy atom. The highest BCUT2D eigenvalue weighted by Gasteiger charge is 2.52. The summed E-state index contributed by atoms with van der Waals surface area (Å²) in [5.74, 6) is 1.45. The van der Waals surface area contributed by atoms with Crippen LogP contribution in [0.15, 0.2) is 24.3 Å². The lowest BCUT2D eigenvalue weighted by atomic mass is 9.78. The Balaban J connectivity index is 1.99. The van der Waals surface area contributed by atoms with Crippen molar-refractivity contribution in [3.05, 3.63) is 41.4 Å². The van der Waals surface area contributed by atoms with Gasteiger partial charge >= 0.3 is 7.12 Å². The average Bonchev–Trinajstić information content (AvgIpc) is 3.04. The molecule has 142 valence electrons. The summed E-state index contributed by atoms with van der Waals surface area (Å²) in [6.45, 7) is 19.5. The van der Waals surface area contributed by atoms with E-state index in [-0.39, 0.29) is 0 Å². The van der Waals surface area contributed by atoms with Crippen LogP contribution in [0.3, 0.4) is 0 Å². The summed E-state index contributed by atoms with van der Waals surface area (Å²) in [4.78, 5) is 3.52. The predicted molar refractivity (Wildman–Crippen MR) is 106 cm³/mol. The van der Waals surface area contributed by atoms with E-state index in [0.29, 0.717) is 23.2 Å². The van der Waals surface area contributed by atoms with E-state index >= 15 is 0 Å². The maximum Gasteiger partial charge on any atom is 0.498 e. The van der Waals surface area contributed by atoms with Crippen molar-refractivity contribution in [1.29, 1.82) is 0 Å². The van der Waals surface area contributed by atoms with Crippen molar-refractivity contribution in [1.82, 2.24) is 9.78 Å². The fourth-order valence-corrected chi connectivity index (χ4v) is 2.81. The van der Waals surface area contributed by atoms with Crippen molar-refractivity contribution in [2.75, 3.05) is 0 Å². The van der Waals surface area contributed by atoms with Crippen LogP contribution in [0.5, 0.6) is 11.6 Å². The fraction of sp³-hybridized carbons (Fsp3) is 0.500. The number of aromatic nitrogens is 2. The number of aryl methyl sites for hydroxylation is 1. The Morgan fingerprint density at radius 3 is 2.30 bits per heavy atom. The molecule has 7 heteroatoms. The third kappa shape index (κ3) is 3.60. The van der Waals surface area contributed by atoms with Crippen molar-refractivity contribution < 1.29 is 14.0 Å². The van der Waals surface area contributed by atoms with Gasteiger partial charge in [-0.1, -0.05) is 26.0 Å². The molecule has 6 nitrogen and oxygen atoms in total. The van der Waals surface area contributed by atoms with Crippen molar-refractivity contribution in [2.24, 2.45) is 7.05 Å². The monoisotopic (exact) mass is 367 g/mol. The summed E-state index contributed by atoms with van der Waals surface area (Å²) in [6.07, 6.45) is 0. The molecule has 0 aliphatic carbocycles. The molecule has 1 fully saturated rings. The van der Waals surface area contributed by atoms with Gasteiger partial charge in [0, 0.05) is 18.6 Å². The van der Waals surface area contributed by atoms with Crippen LogP contribution in [0.4, 0.5) is 5.69 Å². The van der Waals surface area contributed by atoms with E-state index in [1.54, 1.807) is 16.8 Å². The van der Waals surface area contributed by atoms with E-state index in [4.69, 9.17) is 20.6 Å². The number of hydrogen-bond donors (Lipinski definition) is 0. The van der Waals surface area contributed by atoms with Crippen molar-refractivity contribution >= 4 is 18.3 Å². The number of hydrogen-bond acceptors (Lipinski definition) is 4. The highest BCUT2D eigenvalue weighted by Crippen LogP contribution is 2.38. The Kier molecular flexibility index (Phi) is 4.83. The van der Waals surface area contributed by atoms with Gasteiger partial charge in [-0.15, -0.1) is 0 Å². The molecule has 1 aromatic carbocycles. The van der Waals surface area contributed by atoms with Gasteiger partial charge in [-0.2, -0.15) is 5.10 Å². The normalized spacial score (nSPS) is 18.0. The van der Waals surface area contributed by atoms with Crippen molar-refractivity contribution in [3.63, 3.8) is 0 Å². The van der Waals surface area contributed by atoms with Gasteiger partial charge in [0.05, 0.1) is 23.5 Å². The van der Waals surface area contributed by atoms with E-state index in [0.717, 1.165) is 11.2 Å². The van der Waals surface area contributed by atoms with Crippen LogP contribution < -0.4 is 10.2 Å². The molecular weight excluding hydrogens is 341 g/mol. The minimum Gasteiger partial charge on any atom is -0.441 e. The molecule has 0 unspecified atom stereocenters. The minimum atomic E-state index is -0.567. The topological polar surface area (TPSA) is 49.9 Å². The zero-order chi connectivity index (χ0) is 20.0. The van der Waals surface area contributed by atoms with Gasteiger partial charge in [0.25, 0.3) is 0 Å². The molecule has 0 radical (unpaired) electrons. The van der Waals surface area contributed by atoms with Gasteiger partial charge in [-0.05, 0) is 39.7 Å². The third-order valence-electron chi connectivity index (χ3n) is 5.30. The van der Waals surface area contributed by atoms with Crippen LogP contribution in [0.1, 0.15) is 53.2 Å². The number of benzene rings is 1. The second kappa shape index (κ2) is 6.70. The Bertz CT molecular complexity index is 880. The molecular formula is C20H26BN3O3. The second-order valence-electron chi connectivity index (χ2n) is 8.21. The van der Waals surface area contributed by atoms with Crippen LogP contribution in [-0.4, -0.2) is 28.1 Å². The quantitative estimate of drug-likeness (QED) is 0.601. The van der Waals surface area contributed by atoms with E-state index in [1.165, 1.54) is 0 Å². The lowest BCUT2D eigenvalue weighted by molar-refractivity contribution is 0.00578. The molecule has 1 aromatic heterocycles. The predicted octanol–water partition coefficient (Wildman–Crippen LogP) is 4.19. The molecule has 3 rings (SSSR count). The van der Waals surface area contributed by atoms with Gasteiger partial charge in [-0.25, -0.2) is 9.53 Å². The first-order valence-electron chi connectivity index (χ1n) is 9.13. The van der Waals surface area contributed by atoms with Gasteiger partial charge < -0.3 is 14.0 Å². The van der Waals surface area contributed by atoms with Crippen molar-refractivity contribution in [3.8, 4) is 11.6 Å². The van der Waals surface area contributed by atoms with Crippen LogP contribution in [0.2, 0.25) is 0 Å². The Morgan fingerprint density at radius 2 is 1.78 bits per heavy atom. The smallest absolute Gasteiger partial charge is 0.441 e. The van der Waals surface area contributed by atoms with E-state index in [2.05, 4.69) is 23.8 Å². The van der Waals surface area contributed by atoms with Crippen LogP contribution in [0, 0.1) is 6.57 Å². The molecule has 0 N–H and O–H groups in total. The third-order valence-corrected chi connectivity index (χ3v) is 5.30. The van der Waals surface area contributed by atoms with Gasteiger partial charge in [0.2, 0.25) is 5.88 Å². The number of nitrogens with zero attached hydrogens (tertiary/aromatic N) is 3. The Hall–Kier alpha value is -2.30. The average molecular weight is 367 g/mol. The van der Waals surface area contributed by atoms with E-state index < -0.39 is 18.3 Å². The molecule has 1 aliphatic rings. The maximum atomic E-state index is 7.32. The van der Waals surface area contributed by atoms with Crippen LogP contribution in [-0.2, 0) is 16.4 Å². The minimum absolute atomic E-state index is 0.297. The summed E-state index contributed by atoms with van der Waals surface area (Å²) < 4.78 is 20.2. The molecule has 0 atom stereocenters. The molecule has 2 aromatic rings. The maximum absolute atomic E-state index is 7.32. The SMILES string of the molecule is [C-]#[N+]c1ccc(B2OC(C)(C)C(C)(C)O2)c(Oc2cc(C(C)C)nn2C)c1. The van der Waals surface area contributed by atoms with E-state index in [1.807, 2.05) is 46.9 Å². The first-order valence-corrected chi connectivity index (χ1v) is 9.13. The first kappa shape index (κ1) is 19.5. The molecule has 0 amide bonds. The Labute approximate surface area is 161 Å². The van der Waals surface area contributed by atoms with Gasteiger partial charge in [0.1, 0.15) is 5.75 Å². The highest BCUT2D eigenvalue weighted by molar-refractivity contribution is 6.63. The number of rotatable bonds is 4. The summed E-state index contributed by atoms with van der Waals surface area (Å²) in [6, 6.07) is 7.23. The summed E-state index contributed by atoms with van der Waals surface area (Å²) >= 11 is 0. The van der Waals surface area contributed by atoms with Gasteiger partial charge in [-0.3, -0.25) is 0 Å². The molecule has 27 heavy (non-hydrogen) atoms. The molecule has 1 aliphatic heterocycles. The van der Waals surface area contributed by atoms with Crippen LogP contribution >= 0.6 is 0 Å². The number of ether oxygens (including phenoxy) is 1. The van der Waals surface area contributed by atoms with Gasteiger partial charge in [0.15, 0.2) is 5.69 Å². The lowest BCUT2D eigenvalue weighted by Gasteiger charge is -2.32. The first-order chi connectivity index (χ1) is 12.5. The molecule has 1 saturated heterocycles. The molecule has 0 spiro atoms. The molecule has 2 heterocycles. The largest absolute Gasteiger partial charge is 0.498 e. The zero-order valence-corrected chi connectivity index (χ0v) is 17.0. The lowest BCUT2D eigenvalue weighted by Crippen LogP contribution is -2.41. The fourth-order valence-electron chi connectivity index (χ4n) is 2.81. The zero-order valence-electron chi connectivity index (χ0n) is 17.0.